The van der Waals surface area contributed by atoms with Crippen LogP contribution in [0.15, 0.2) is 53.1 Å². The van der Waals surface area contributed by atoms with Crippen LogP contribution in [-0.4, -0.2) is 34.0 Å². The van der Waals surface area contributed by atoms with Gasteiger partial charge in [-0.1, -0.05) is 46.6 Å². The number of aromatic nitrogens is 2. The fourth-order valence-electron chi connectivity index (χ4n) is 3.50. The van der Waals surface area contributed by atoms with Crippen molar-refractivity contribution in [3.8, 4) is 11.4 Å². The Morgan fingerprint density at radius 3 is 2.62 bits per heavy atom. The zero-order chi connectivity index (χ0) is 20.2. The van der Waals surface area contributed by atoms with E-state index in [2.05, 4.69) is 20.4 Å². The molecule has 6 nitrogen and oxygen atoms in total. The zero-order valence-electron chi connectivity index (χ0n) is 16.3. The summed E-state index contributed by atoms with van der Waals surface area (Å²) in [5, 5.41) is 7.66. The first-order valence-electron chi connectivity index (χ1n) is 9.76. The van der Waals surface area contributed by atoms with Crippen LogP contribution in [0, 0.1) is 12.8 Å². The van der Waals surface area contributed by atoms with Crippen molar-refractivity contribution >= 4 is 23.2 Å². The van der Waals surface area contributed by atoms with Gasteiger partial charge in [-0.2, -0.15) is 4.98 Å². The molecule has 0 spiro atoms. The Morgan fingerprint density at radius 1 is 1.17 bits per heavy atom. The molecule has 1 aliphatic heterocycles. The lowest BCUT2D eigenvalue weighted by Crippen LogP contribution is -2.37. The summed E-state index contributed by atoms with van der Waals surface area (Å²) in [7, 11) is 0. The van der Waals surface area contributed by atoms with E-state index in [4.69, 9.17) is 16.1 Å². The van der Waals surface area contributed by atoms with Crippen LogP contribution in [0.3, 0.4) is 0 Å². The van der Waals surface area contributed by atoms with Crippen LogP contribution < -0.4 is 5.32 Å². The molecule has 0 aliphatic carbocycles. The molecule has 3 aromatic rings. The number of rotatable bonds is 5. The van der Waals surface area contributed by atoms with Gasteiger partial charge in [0.15, 0.2) is 0 Å². The lowest BCUT2D eigenvalue weighted by atomic mass is 9.96. The lowest BCUT2D eigenvalue weighted by Gasteiger charge is -2.30. The summed E-state index contributed by atoms with van der Waals surface area (Å²) in [5.74, 6) is 1.17. The Kier molecular flexibility index (Phi) is 5.92. The fraction of sp³-hybridized carbons (Fsp3) is 0.318. The number of hydrogen-bond donors (Lipinski definition) is 1. The molecule has 1 aliphatic rings. The molecule has 1 amide bonds. The minimum Gasteiger partial charge on any atom is -0.338 e. The quantitative estimate of drug-likeness (QED) is 0.668. The molecule has 2 aromatic carbocycles. The van der Waals surface area contributed by atoms with Gasteiger partial charge >= 0.3 is 0 Å². The van der Waals surface area contributed by atoms with Gasteiger partial charge in [-0.05, 0) is 57.1 Å². The van der Waals surface area contributed by atoms with Gasteiger partial charge in [0.05, 0.1) is 11.6 Å². The molecule has 0 atom stereocenters. The maximum Gasteiger partial charge on any atom is 0.241 e. The standard InChI is InChI=1S/C22H23ClN4O2/c1-15-6-8-17(9-7-15)24-22(28)16-10-12-27(13-11-16)14-20-25-21(26-29-20)18-4-2-3-5-19(18)23/h2-9,16H,10-14H2,1H3,(H,24,28). The number of benzene rings is 2. The summed E-state index contributed by atoms with van der Waals surface area (Å²) in [6.07, 6.45) is 1.62. The van der Waals surface area contributed by atoms with Crippen LogP contribution in [0.1, 0.15) is 24.3 Å². The second-order valence-electron chi connectivity index (χ2n) is 7.40. The molecule has 1 saturated heterocycles. The third-order valence-electron chi connectivity index (χ3n) is 5.22. The van der Waals surface area contributed by atoms with Crippen LogP contribution in [0.25, 0.3) is 11.4 Å². The highest BCUT2D eigenvalue weighted by Gasteiger charge is 2.26. The molecule has 0 radical (unpaired) electrons. The van der Waals surface area contributed by atoms with E-state index in [0.717, 1.165) is 37.2 Å². The average molecular weight is 411 g/mol. The Hall–Kier alpha value is -2.70. The van der Waals surface area contributed by atoms with Crippen molar-refractivity contribution in [1.29, 1.82) is 0 Å². The number of piperidine rings is 1. The number of amides is 1. The number of anilines is 1. The summed E-state index contributed by atoms with van der Waals surface area (Å²) >= 11 is 6.20. The SMILES string of the molecule is Cc1ccc(NC(=O)C2CCN(Cc3nc(-c4ccccc4Cl)no3)CC2)cc1. The summed E-state index contributed by atoms with van der Waals surface area (Å²) in [6.45, 7) is 4.23. The predicted molar refractivity (Wildman–Crippen MR) is 113 cm³/mol. The number of nitrogens with zero attached hydrogens (tertiary/aromatic N) is 3. The van der Waals surface area contributed by atoms with Gasteiger partial charge in [-0.25, -0.2) is 0 Å². The maximum atomic E-state index is 12.5. The van der Waals surface area contributed by atoms with E-state index in [0.29, 0.717) is 23.3 Å². The second kappa shape index (κ2) is 8.76. The number of likely N-dealkylation sites (tertiary alicyclic amines) is 1. The predicted octanol–water partition coefficient (Wildman–Crippen LogP) is 4.55. The summed E-state index contributed by atoms with van der Waals surface area (Å²) < 4.78 is 5.40. The fourth-order valence-corrected chi connectivity index (χ4v) is 3.72. The largest absolute Gasteiger partial charge is 0.338 e. The van der Waals surface area contributed by atoms with E-state index < -0.39 is 0 Å². The molecule has 0 saturated carbocycles. The van der Waals surface area contributed by atoms with Crippen molar-refractivity contribution < 1.29 is 9.32 Å². The van der Waals surface area contributed by atoms with E-state index in [1.165, 1.54) is 5.56 Å². The smallest absolute Gasteiger partial charge is 0.241 e. The minimum atomic E-state index is 0.0222. The second-order valence-corrected chi connectivity index (χ2v) is 7.80. The summed E-state index contributed by atoms with van der Waals surface area (Å²) in [4.78, 5) is 19.2. The molecule has 4 rings (SSSR count). The normalized spacial score (nSPS) is 15.4. The highest BCUT2D eigenvalue weighted by atomic mass is 35.5. The highest BCUT2D eigenvalue weighted by molar-refractivity contribution is 6.33. The molecule has 1 N–H and O–H groups in total. The number of hydrogen-bond acceptors (Lipinski definition) is 5. The van der Waals surface area contributed by atoms with E-state index in [-0.39, 0.29) is 11.8 Å². The molecule has 7 heteroatoms. The Morgan fingerprint density at radius 2 is 1.90 bits per heavy atom. The van der Waals surface area contributed by atoms with Crippen molar-refractivity contribution in [2.75, 3.05) is 18.4 Å². The lowest BCUT2D eigenvalue weighted by molar-refractivity contribution is -0.121. The zero-order valence-corrected chi connectivity index (χ0v) is 17.0. The average Bonchev–Trinajstić information content (AvgIpc) is 3.19. The Bertz CT molecular complexity index is 978. The number of aryl methyl sites for hydroxylation is 1. The minimum absolute atomic E-state index is 0.0222. The molecule has 150 valence electrons. The Labute approximate surface area is 174 Å². The maximum absolute atomic E-state index is 12.5. The first-order chi connectivity index (χ1) is 14.1. The molecule has 0 unspecified atom stereocenters. The summed E-state index contributed by atoms with van der Waals surface area (Å²) in [6, 6.07) is 15.3. The van der Waals surface area contributed by atoms with E-state index in [1.54, 1.807) is 6.07 Å². The van der Waals surface area contributed by atoms with E-state index >= 15 is 0 Å². The first-order valence-corrected chi connectivity index (χ1v) is 10.1. The molecule has 0 bridgehead atoms. The molecule has 1 aromatic heterocycles. The van der Waals surface area contributed by atoms with Crippen molar-refractivity contribution in [1.82, 2.24) is 15.0 Å². The van der Waals surface area contributed by atoms with Gasteiger partial charge in [0.2, 0.25) is 17.6 Å². The van der Waals surface area contributed by atoms with Crippen LogP contribution in [-0.2, 0) is 11.3 Å². The number of halogens is 1. The molecule has 1 fully saturated rings. The van der Waals surface area contributed by atoms with E-state index in [9.17, 15) is 4.79 Å². The van der Waals surface area contributed by atoms with Crippen LogP contribution in [0.5, 0.6) is 0 Å². The molecular formula is C22H23ClN4O2. The van der Waals surface area contributed by atoms with Gasteiger partial charge < -0.3 is 9.84 Å². The number of carbonyl (C=O) groups excluding carboxylic acids is 1. The first kappa shape index (κ1) is 19.6. The van der Waals surface area contributed by atoms with Crippen LogP contribution in [0.2, 0.25) is 5.02 Å². The van der Waals surface area contributed by atoms with Gasteiger partial charge in [0.1, 0.15) is 0 Å². The van der Waals surface area contributed by atoms with Crippen LogP contribution in [0.4, 0.5) is 5.69 Å². The van der Waals surface area contributed by atoms with Gasteiger partial charge in [-0.15, -0.1) is 0 Å². The number of carbonyl (C=O) groups is 1. The van der Waals surface area contributed by atoms with Gasteiger partial charge in [0, 0.05) is 17.2 Å². The summed E-state index contributed by atoms with van der Waals surface area (Å²) in [5.41, 5.74) is 2.78. The molecule has 29 heavy (non-hydrogen) atoms. The molecule has 2 heterocycles. The van der Waals surface area contributed by atoms with E-state index in [1.807, 2.05) is 49.4 Å². The van der Waals surface area contributed by atoms with Crippen molar-refractivity contribution in [2.24, 2.45) is 5.92 Å². The third-order valence-corrected chi connectivity index (χ3v) is 5.55. The van der Waals surface area contributed by atoms with Crippen molar-refractivity contribution in [2.45, 2.75) is 26.3 Å². The van der Waals surface area contributed by atoms with Crippen molar-refractivity contribution in [3.05, 3.63) is 65.0 Å². The van der Waals surface area contributed by atoms with Gasteiger partial charge in [-0.3, -0.25) is 9.69 Å². The number of nitrogens with one attached hydrogen (secondary N) is 1. The highest BCUT2D eigenvalue weighted by Crippen LogP contribution is 2.26. The third kappa shape index (κ3) is 4.83. The van der Waals surface area contributed by atoms with Gasteiger partial charge in [0.25, 0.3) is 0 Å². The van der Waals surface area contributed by atoms with Crippen LogP contribution >= 0.6 is 11.6 Å². The Balaban J connectivity index is 1.29. The molecular weight excluding hydrogens is 388 g/mol. The monoisotopic (exact) mass is 410 g/mol. The topological polar surface area (TPSA) is 71.3 Å². The van der Waals surface area contributed by atoms with Crippen molar-refractivity contribution in [3.63, 3.8) is 0 Å².